The first-order valence-electron chi connectivity index (χ1n) is 7.27. The van der Waals surface area contributed by atoms with Crippen molar-refractivity contribution in [3.8, 4) is 0 Å². The highest BCUT2D eigenvalue weighted by atomic mass is 15.2. The topological polar surface area (TPSA) is 29.3 Å². The van der Waals surface area contributed by atoms with Crippen LogP contribution in [0.3, 0.4) is 0 Å². The molecule has 0 bridgehead atoms. The second kappa shape index (κ2) is 6.58. The average Bonchev–Trinajstić information content (AvgIpc) is 2.49. The van der Waals surface area contributed by atoms with Crippen LogP contribution in [0, 0.1) is 13.8 Å². The van der Waals surface area contributed by atoms with E-state index in [0.29, 0.717) is 6.54 Å². The standard InChI is InChI=1S/C18H24N2/c1-4-20(16-10-6-5-7-11-16)18(13-19)17-12-8-9-14(2)15(17)3/h5-12,18H,4,13,19H2,1-3H3. The zero-order valence-corrected chi connectivity index (χ0v) is 12.6. The van der Waals surface area contributed by atoms with Crippen molar-refractivity contribution in [1.29, 1.82) is 0 Å². The van der Waals surface area contributed by atoms with Gasteiger partial charge in [0.25, 0.3) is 0 Å². The predicted molar refractivity (Wildman–Crippen MR) is 87.2 cm³/mol. The summed E-state index contributed by atoms with van der Waals surface area (Å²) in [5, 5.41) is 0. The molecule has 0 aliphatic heterocycles. The Balaban J connectivity index is 2.42. The van der Waals surface area contributed by atoms with Crippen LogP contribution in [0.1, 0.15) is 29.7 Å². The van der Waals surface area contributed by atoms with E-state index < -0.39 is 0 Å². The van der Waals surface area contributed by atoms with Crippen LogP contribution in [0.15, 0.2) is 48.5 Å². The first kappa shape index (κ1) is 14.6. The summed E-state index contributed by atoms with van der Waals surface area (Å²) in [6.07, 6.45) is 0. The molecule has 1 unspecified atom stereocenters. The minimum absolute atomic E-state index is 0.224. The van der Waals surface area contributed by atoms with Gasteiger partial charge in [-0.25, -0.2) is 0 Å². The number of hydrogen-bond acceptors (Lipinski definition) is 2. The number of para-hydroxylation sites is 1. The van der Waals surface area contributed by atoms with E-state index in [1.165, 1.54) is 22.4 Å². The smallest absolute Gasteiger partial charge is 0.0667 e. The van der Waals surface area contributed by atoms with E-state index in [-0.39, 0.29) is 6.04 Å². The molecule has 0 radical (unpaired) electrons. The Morgan fingerprint density at radius 1 is 1.00 bits per heavy atom. The highest BCUT2D eigenvalue weighted by Gasteiger charge is 2.20. The van der Waals surface area contributed by atoms with Crippen LogP contribution in [-0.4, -0.2) is 13.1 Å². The van der Waals surface area contributed by atoms with Crippen molar-refractivity contribution in [3.05, 3.63) is 65.2 Å². The Labute approximate surface area is 122 Å². The van der Waals surface area contributed by atoms with Crippen LogP contribution in [0.5, 0.6) is 0 Å². The monoisotopic (exact) mass is 268 g/mol. The number of rotatable bonds is 5. The molecule has 2 aromatic rings. The lowest BCUT2D eigenvalue weighted by atomic mass is 9.96. The van der Waals surface area contributed by atoms with Gasteiger partial charge in [-0.15, -0.1) is 0 Å². The first-order chi connectivity index (χ1) is 9.69. The fraction of sp³-hybridized carbons (Fsp3) is 0.333. The van der Waals surface area contributed by atoms with Crippen LogP contribution in [0.2, 0.25) is 0 Å². The SMILES string of the molecule is CCN(c1ccccc1)C(CN)c1cccc(C)c1C. The quantitative estimate of drug-likeness (QED) is 0.893. The molecule has 0 aliphatic carbocycles. The van der Waals surface area contributed by atoms with Crippen molar-refractivity contribution in [2.24, 2.45) is 5.73 Å². The molecular weight excluding hydrogens is 244 g/mol. The van der Waals surface area contributed by atoms with Gasteiger partial charge in [-0.05, 0) is 49.6 Å². The number of likely N-dealkylation sites (N-methyl/N-ethyl adjacent to an activating group) is 1. The summed E-state index contributed by atoms with van der Waals surface area (Å²) in [4.78, 5) is 2.38. The van der Waals surface area contributed by atoms with Crippen LogP contribution in [0.4, 0.5) is 5.69 Å². The third kappa shape index (κ3) is 2.86. The lowest BCUT2D eigenvalue weighted by Crippen LogP contribution is -2.34. The Bertz CT molecular complexity index is 549. The van der Waals surface area contributed by atoms with Crippen molar-refractivity contribution in [1.82, 2.24) is 0 Å². The van der Waals surface area contributed by atoms with Crippen molar-refractivity contribution in [2.45, 2.75) is 26.8 Å². The van der Waals surface area contributed by atoms with E-state index in [2.05, 4.69) is 68.1 Å². The molecule has 2 heteroatoms. The van der Waals surface area contributed by atoms with E-state index in [9.17, 15) is 0 Å². The Hall–Kier alpha value is -1.80. The van der Waals surface area contributed by atoms with Crippen LogP contribution in [0.25, 0.3) is 0 Å². The largest absolute Gasteiger partial charge is 0.363 e. The summed E-state index contributed by atoms with van der Waals surface area (Å²) in [6, 6.07) is 17.2. The molecule has 2 aromatic carbocycles. The molecule has 2 rings (SSSR count). The van der Waals surface area contributed by atoms with Gasteiger partial charge in [0.15, 0.2) is 0 Å². The minimum Gasteiger partial charge on any atom is -0.363 e. The first-order valence-corrected chi connectivity index (χ1v) is 7.27. The summed E-state index contributed by atoms with van der Waals surface area (Å²) in [5.41, 5.74) is 11.3. The fourth-order valence-corrected chi connectivity index (χ4v) is 2.76. The third-order valence-corrected chi connectivity index (χ3v) is 4.03. The Morgan fingerprint density at radius 2 is 1.70 bits per heavy atom. The molecule has 2 N–H and O–H groups in total. The van der Waals surface area contributed by atoms with Gasteiger partial charge in [0, 0.05) is 18.8 Å². The number of nitrogens with two attached hydrogens (primary N) is 1. The van der Waals surface area contributed by atoms with Crippen molar-refractivity contribution >= 4 is 5.69 Å². The molecule has 0 spiro atoms. The average molecular weight is 268 g/mol. The molecule has 0 saturated heterocycles. The zero-order valence-electron chi connectivity index (χ0n) is 12.6. The summed E-state index contributed by atoms with van der Waals surface area (Å²) >= 11 is 0. The summed E-state index contributed by atoms with van der Waals surface area (Å²) in [5.74, 6) is 0. The molecule has 0 heterocycles. The maximum Gasteiger partial charge on any atom is 0.0667 e. The van der Waals surface area contributed by atoms with E-state index in [4.69, 9.17) is 5.73 Å². The molecule has 0 aliphatic rings. The molecule has 0 fully saturated rings. The Kier molecular flexibility index (Phi) is 4.80. The number of anilines is 1. The molecule has 106 valence electrons. The van der Waals surface area contributed by atoms with Gasteiger partial charge in [0.1, 0.15) is 0 Å². The van der Waals surface area contributed by atoms with Gasteiger partial charge in [0.2, 0.25) is 0 Å². The fourth-order valence-electron chi connectivity index (χ4n) is 2.76. The van der Waals surface area contributed by atoms with Crippen LogP contribution in [-0.2, 0) is 0 Å². The highest BCUT2D eigenvalue weighted by molar-refractivity contribution is 5.50. The Morgan fingerprint density at radius 3 is 2.30 bits per heavy atom. The second-order valence-corrected chi connectivity index (χ2v) is 5.16. The van der Waals surface area contributed by atoms with E-state index in [1.54, 1.807) is 0 Å². The van der Waals surface area contributed by atoms with Gasteiger partial charge in [-0.1, -0.05) is 36.4 Å². The van der Waals surface area contributed by atoms with Gasteiger partial charge in [0.05, 0.1) is 6.04 Å². The number of benzene rings is 2. The summed E-state index contributed by atoms with van der Waals surface area (Å²) in [6.45, 7) is 8.09. The minimum atomic E-state index is 0.224. The number of hydrogen-bond donors (Lipinski definition) is 1. The van der Waals surface area contributed by atoms with Gasteiger partial charge < -0.3 is 10.6 Å². The number of nitrogens with zero attached hydrogens (tertiary/aromatic N) is 1. The second-order valence-electron chi connectivity index (χ2n) is 5.16. The van der Waals surface area contributed by atoms with Gasteiger partial charge >= 0.3 is 0 Å². The maximum atomic E-state index is 6.10. The van der Waals surface area contributed by atoms with Crippen molar-refractivity contribution in [2.75, 3.05) is 18.0 Å². The maximum absolute atomic E-state index is 6.10. The third-order valence-electron chi connectivity index (χ3n) is 4.03. The molecule has 0 aromatic heterocycles. The van der Waals surface area contributed by atoms with Crippen LogP contribution < -0.4 is 10.6 Å². The van der Waals surface area contributed by atoms with Gasteiger partial charge in [-0.3, -0.25) is 0 Å². The molecule has 2 nitrogen and oxygen atoms in total. The number of aryl methyl sites for hydroxylation is 1. The van der Waals surface area contributed by atoms with E-state index in [1.807, 2.05) is 6.07 Å². The normalized spacial score (nSPS) is 12.2. The predicted octanol–water partition coefficient (Wildman–Crippen LogP) is 3.83. The van der Waals surface area contributed by atoms with Crippen molar-refractivity contribution < 1.29 is 0 Å². The van der Waals surface area contributed by atoms with Crippen molar-refractivity contribution in [3.63, 3.8) is 0 Å². The molecule has 0 amide bonds. The lowest BCUT2D eigenvalue weighted by Gasteiger charge is -2.33. The zero-order chi connectivity index (χ0) is 14.5. The molecule has 0 saturated carbocycles. The highest BCUT2D eigenvalue weighted by Crippen LogP contribution is 2.29. The summed E-state index contributed by atoms with van der Waals surface area (Å²) < 4.78 is 0. The molecular formula is C18H24N2. The molecule has 20 heavy (non-hydrogen) atoms. The lowest BCUT2D eigenvalue weighted by molar-refractivity contribution is 0.639. The van der Waals surface area contributed by atoms with Gasteiger partial charge in [-0.2, -0.15) is 0 Å². The summed E-state index contributed by atoms with van der Waals surface area (Å²) in [7, 11) is 0. The van der Waals surface area contributed by atoms with E-state index in [0.717, 1.165) is 6.54 Å². The van der Waals surface area contributed by atoms with E-state index >= 15 is 0 Å². The van der Waals surface area contributed by atoms with Crippen LogP contribution >= 0.6 is 0 Å². The molecule has 1 atom stereocenters.